The Balaban J connectivity index is 4.44. The largest absolute Gasteiger partial charge is 0.366 e. The van der Waals surface area contributed by atoms with Gasteiger partial charge in [-0.1, -0.05) is 32.6 Å². The topological polar surface area (TPSA) is 26.3 Å². The summed E-state index contributed by atoms with van der Waals surface area (Å²) in [6.07, 6.45) is 7.31. The minimum atomic E-state index is -0.399. The zero-order valence-electron chi connectivity index (χ0n) is 10.8. The summed E-state index contributed by atoms with van der Waals surface area (Å²) < 4.78 is 5.53. The number of carbonyl (C=O) groups excluding carboxylic acids is 1. The summed E-state index contributed by atoms with van der Waals surface area (Å²) in [6.45, 7) is 4.27. The smallest absolute Gasteiger partial charge is 0.128 e. The Kier molecular flexibility index (Phi) is 8.94. The van der Waals surface area contributed by atoms with Crippen molar-refractivity contribution in [3.8, 4) is 11.8 Å². The van der Waals surface area contributed by atoms with E-state index in [-0.39, 0.29) is 0 Å². The molecule has 92 valence electrons. The van der Waals surface area contributed by atoms with E-state index >= 15 is 0 Å². The lowest BCUT2D eigenvalue weighted by molar-refractivity contribution is -0.109. The molecule has 0 spiro atoms. The maximum Gasteiger partial charge on any atom is 0.128 e. The average Bonchev–Trinajstić information content (AvgIpc) is 2.31. The molecule has 1 atom stereocenters. The molecule has 0 fully saturated rings. The maximum atomic E-state index is 10.4. The molecule has 0 aliphatic carbocycles. The number of methoxy groups -OCH3 is 1. The van der Waals surface area contributed by atoms with Crippen LogP contribution in [-0.4, -0.2) is 19.0 Å². The van der Waals surface area contributed by atoms with Crippen molar-refractivity contribution in [3.63, 3.8) is 0 Å². The van der Waals surface area contributed by atoms with Gasteiger partial charge in [-0.3, -0.25) is 0 Å². The minimum Gasteiger partial charge on any atom is -0.366 e. The molecule has 0 aromatic heterocycles. The molecule has 0 aliphatic heterocycles. The normalized spacial score (nSPS) is 13.7. The highest BCUT2D eigenvalue weighted by Crippen LogP contribution is 2.22. The Hall–Kier alpha value is -0.810. The van der Waals surface area contributed by atoms with Crippen LogP contribution in [0.5, 0.6) is 0 Å². The molecule has 0 saturated heterocycles. The van der Waals surface area contributed by atoms with Crippen molar-refractivity contribution in [2.24, 2.45) is 0 Å². The second-order valence-corrected chi connectivity index (χ2v) is 4.06. The molecule has 0 radical (unpaired) electrons. The number of rotatable bonds is 8. The van der Waals surface area contributed by atoms with Crippen molar-refractivity contribution in [2.75, 3.05) is 7.11 Å². The zero-order valence-corrected chi connectivity index (χ0v) is 10.8. The summed E-state index contributed by atoms with van der Waals surface area (Å²) in [4.78, 5) is 10.4. The first-order chi connectivity index (χ1) is 7.74. The number of hydrogen-bond acceptors (Lipinski definition) is 2. The van der Waals surface area contributed by atoms with Crippen molar-refractivity contribution in [1.29, 1.82) is 0 Å². The fraction of sp³-hybridized carbons (Fsp3) is 0.786. The van der Waals surface area contributed by atoms with E-state index in [4.69, 9.17) is 4.74 Å². The van der Waals surface area contributed by atoms with Gasteiger partial charge >= 0.3 is 0 Å². The van der Waals surface area contributed by atoms with Gasteiger partial charge in [0.1, 0.15) is 11.9 Å². The minimum absolute atomic E-state index is 0.399. The van der Waals surface area contributed by atoms with Gasteiger partial charge in [-0.2, -0.15) is 0 Å². The summed E-state index contributed by atoms with van der Waals surface area (Å²) in [6, 6.07) is 0. The predicted octanol–water partition coefficient (Wildman–Crippen LogP) is 3.34. The highest BCUT2D eigenvalue weighted by atomic mass is 16.5. The third kappa shape index (κ3) is 5.92. The van der Waals surface area contributed by atoms with Gasteiger partial charge in [-0.05, 0) is 19.3 Å². The van der Waals surface area contributed by atoms with Crippen molar-refractivity contribution >= 4 is 6.29 Å². The zero-order chi connectivity index (χ0) is 12.3. The highest BCUT2D eigenvalue weighted by Gasteiger charge is 2.25. The highest BCUT2D eigenvalue weighted by molar-refractivity contribution is 5.49. The molecule has 16 heavy (non-hydrogen) atoms. The fourth-order valence-corrected chi connectivity index (χ4v) is 1.69. The van der Waals surface area contributed by atoms with E-state index in [1.807, 2.05) is 0 Å². The second kappa shape index (κ2) is 9.42. The van der Waals surface area contributed by atoms with Gasteiger partial charge in [0, 0.05) is 20.0 Å². The van der Waals surface area contributed by atoms with Crippen LogP contribution in [0.3, 0.4) is 0 Å². The van der Waals surface area contributed by atoms with E-state index in [9.17, 15) is 4.79 Å². The molecular formula is C14H24O2. The first-order valence-corrected chi connectivity index (χ1v) is 6.23. The number of carbonyl (C=O) groups is 1. The van der Waals surface area contributed by atoms with E-state index in [2.05, 4.69) is 25.7 Å². The number of aldehydes is 1. The third-order valence-corrected chi connectivity index (χ3v) is 2.68. The Morgan fingerprint density at radius 1 is 1.25 bits per heavy atom. The molecule has 0 heterocycles. The molecule has 0 bridgehead atoms. The van der Waals surface area contributed by atoms with Crippen molar-refractivity contribution < 1.29 is 9.53 Å². The molecule has 0 N–H and O–H groups in total. The van der Waals surface area contributed by atoms with Crippen LogP contribution in [0.4, 0.5) is 0 Å². The lowest BCUT2D eigenvalue weighted by atomic mass is 9.92. The molecule has 2 nitrogen and oxygen atoms in total. The molecule has 0 aromatic rings. The van der Waals surface area contributed by atoms with Gasteiger partial charge in [0.15, 0.2) is 0 Å². The van der Waals surface area contributed by atoms with Crippen LogP contribution in [0.25, 0.3) is 0 Å². The van der Waals surface area contributed by atoms with Gasteiger partial charge in [0.2, 0.25) is 0 Å². The second-order valence-electron chi connectivity index (χ2n) is 4.06. The van der Waals surface area contributed by atoms with E-state index in [0.717, 1.165) is 38.4 Å². The van der Waals surface area contributed by atoms with Crippen LogP contribution in [0.15, 0.2) is 0 Å². The van der Waals surface area contributed by atoms with Gasteiger partial charge in [0.05, 0.1) is 0 Å². The van der Waals surface area contributed by atoms with Crippen LogP contribution in [-0.2, 0) is 9.53 Å². The van der Waals surface area contributed by atoms with Gasteiger partial charge in [-0.15, -0.1) is 5.92 Å². The van der Waals surface area contributed by atoms with Gasteiger partial charge in [-0.25, -0.2) is 0 Å². The first-order valence-electron chi connectivity index (χ1n) is 6.23. The Labute approximate surface area is 99.8 Å². The van der Waals surface area contributed by atoms with E-state index in [0.29, 0.717) is 12.8 Å². The van der Waals surface area contributed by atoms with Crippen molar-refractivity contribution in [2.45, 2.75) is 64.4 Å². The van der Waals surface area contributed by atoms with Gasteiger partial charge in [0.25, 0.3) is 0 Å². The molecule has 0 aliphatic rings. The molecule has 0 saturated carbocycles. The molecule has 0 rings (SSSR count). The molecule has 0 amide bonds. The van der Waals surface area contributed by atoms with Crippen LogP contribution in [0.1, 0.15) is 58.8 Å². The average molecular weight is 224 g/mol. The summed E-state index contributed by atoms with van der Waals surface area (Å²) in [5.41, 5.74) is -0.399. The Bertz CT molecular complexity index is 237. The maximum absolute atomic E-state index is 10.4. The summed E-state index contributed by atoms with van der Waals surface area (Å²) >= 11 is 0. The van der Waals surface area contributed by atoms with E-state index < -0.39 is 5.60 Å². The standard InChI is InChI=1S/C14H24O2/c1-4-6-7-8-11-14(16-3,10-5-2)12-9-13-15/h13H,4-7,9-10,12H2,1-3H3. The predicted molar refractivity (Wildman–Crippen MR) is 67.2 cm³/mol. The Morgan fingerprint density at radius 2 is 2.00 bits per heavy atom. The van der Waals surface area contributed by atoms with Crippen molar-refractivity contribution in [1.82, 2.24) is 0 Å². The van der Waals surface area contributed by atoms with Gasteiger partial charge < -0.3 is 9.53 Å². The first kappa shape index (κ1) is 15.2. The lowest BCUT2D eigenvalue weighted by Gasteiger charge is -2.25. The van der Waals surface area contributed by atoms with E-state index in [1.54, 1.807) is 7.11 Å². The quantitative estimate of drug-likeness (QED) is 0.359. The number of unbranched alkanes of at least 4 members (excludes halogenated alkanes) is 2. The summed E-state index contributed by atoms with van der Waals surface area (Å²) in [5.74, 6) is 6.40. The number of ether oxygens (including phenoxy) is 1. The van der Waals surface area contributed by atoms with Crippen LogP contribution in [0.2, 0.25) is 0 Å². The Morgan fingerprint density at radius 3 is 2.50 bits per heavy atom. The monoisotopic (exact) mass is 224 g/mol. The molecule has 1 unspecified atom stereocenters. The van der Waals surface area contributed by atoms with Crippen LogP contribution < -0.4 is 0 Å². The van der Waals surface area contributed by atoms with Crippen LogP contribution >= 0.6 is 0 Å². The molecule has 0 aromatic carbocycles. The fourth-order valence-electron chi connectivity index (χ4n) is 1.69. The summed E-state index contributed by atoms with van der Waals surface area (Å²) in [5, 5.41) is 0. The summed E-state index contributed by atoms with van der Waals surface area (Å²) in [7, 11) is 1.69. The lowest BCUT2D eigenvalue weighted by Crippen LogP contribution is -2.29. The van der Waals surface area contributed by atoms with E-state index in [1.165, 1.54) is 0 Å². The van der Waals surface area contributed by atoms with Crippen molar-refractivity contribution in [3.05, 3.63) is 0 Å². The molecular weight excluding hydrogens is 200 g/mol. The SMILES string of the molecule is CCCCC#CC(CCC)(CCC=O)OC. The number of hydrogen-bond donors (Lipinski definition) is 0. The third-order valence-electron chi connectivity index (χ3n) is 2.68. The van der Waals surface area contributed by atoms with Crippen LogP contribution in [0, 0.1) is 11.8 Å². The molecule has 2 heteroatoms.